The van der Waals surface area contributed by atoms with E-state index in [2.05, 4.69) is 36.5 Å². The molecule has 0 saturated carbocycles. The smallest absolute Gasteiger partial charge is 0.289 e. The lowest BCUT2D eigenvalue weighted by Gasteiger charge is -2.23. The number of hydrogen-bond donors (Lipinski definition) is 1. The maximum absolute atomic E-state index is 12.8. The fourth-order valence-electron chi connectivity index (χ4n) is 3.80. The topological polar surface area (TPSA) is 45.5 Å². The molecule has 2 atom stereocenters. The lowest BCUT2D eigenvalue weighted by atomic mass is 10.1. The van der Waals surface area contributed by atoms with Gasteiger partial charge in [-0.05, 0) is 43.4 Å². The minimum absolute atomic E-state index is 0. The Hall–Kier alpha value is -1.78. The van der Waals surface area contributed by atoms with Crippen LogP contribution in [0.2, 0.25) is 0 Å². The number of nitrogens with one attached hydrogen (secondary N) is 1. The van der Waals surface area contributed by atoms with Crippen LogP contribution in [-0.2, 0) is 6.42 Å². The third-order valence-corrected chi connectivity index (χ3v) is 5.27. The normalized spacial score (nSPS) is 22.4. The van der Waals surface area contributed by atoms with Crippen molar-refractivity contribution in [1.82, 2.24) is 10.2 Å². The zero-order chi connectivity index (χ0) is 16.5. The van der Waals surface area contributed by atoms with Crippen LogP contribution in [0.1, 0.15) is 42.3 Å². The lowest BCUT2D eigenvalue weighted by Crippen LogP contribution is -2.38. The fraction of sp³-hybridized carbons (Fsp3) is 0.450. The summed E-state index contributed by atoms with van der Waals surface area (Å²) < 4.78 is 5.87. The van der Waals surface area contributed by atoms with E-state index >= 15 is 0 Å². The minimum Gasteiger partial charge on any atom is -0.451 e. The Bertz CT molecular complexity index is 726. The van der Waals surface area contributed by atoms with Crippen LogP contribution in [0.5, 0.6) is 0 Å². The van der Waals surface area contributed by atoms with Gasteiger partial charge in [0.25, 0.3) is 5.91 Å². The number of fused-ring (bicyclic) bond motifs is 2. The molecule has 2 unspecified atom stereocenters. The molecule has 2 fully saturated rings. The number of rotatable bonds is 3. The Morgan fingerprint density at radius 3 is 2.64 bits per heavy atom. The second kappa shape index (κ2) is 7.63. The predicted octanol–water partition coefficient (Wildman–Crippen LogP) is 3.90. The quantitative estimate of drug-likeness (QED) is 0.903. The summed E-state index contributed by atoms with van der Waals surface area (Å²) in [7, 11) is 0. The molecule has 1 amide bonds. The molecule has 4 rings (SSSR count). The third kappa shape index (κ3) is 3.75. The van der Waals surface area contributed by atoms with Crippen molar-refractivity contribution in [2.45, 2.75) is 44.7 Å². The number of carbonyl (C=O) groups is 1. The van der Waals surface area contributed by atoms with E-state index in [4.69, 9.17) is 4.42 Å². The van der Waals surface area contributed by atoms with Gasteiger partial charge in [0, 0.05) is 30.7 Å². The molecule has 2 aromatic rings. The number of likely N-dealkylation sites (tertiary alicyclic amines) is 1. The Morgan fingerprint density at radius 1 is 1.12 bits per heavy atom. The number of hydrogen-bond acceptors (Lipinski definition) is 3. The van der Waals surface area contributed by atoms with Gasteiger partial charge in [-0.1, -0.05) is 31.2 Å². The summed E-state index contributed by atoms with van der Waals surface area (Å²) in [6.07, 6.45) is 4.47. The molecule has 5 heteroatoms. The number of amides is 1. The molecule has 134 valence electrons. The van der Waals surface area contributed by atoms with E-state index in [1.54, 1.807) is 0 Å². The number of furan rings is 1. The van der Waals surface area contributed by atoms with E-state index in [0.29, 0.717) is 17.8 Å². The zero-order valence-electron chi connectivity index (χ0n) is 14.5. The van der Waals surface area contributed by atoms with Gasteiger partial charge in [-0.3, -0.25) is 4.79 Å². The summed E-state index contributed by atoms with van der Waals surface area (Å²) in [5, 5.41) is 3.61. The maximum atomic E-state index is 12.8. The van der Waals surface area contributed by atoms with E-state index < -0.39 is 0 Å². The molecule has 2 bridgehead atoms. The summed E-state index contributed by atoms with van der Waals surface area (Å²) in [5.74, 6) is 1.22. The molecule has 2 aliphatic heterocycles. The van der Waals surface area contributed by atoms with Crippen molar-refractivity contribution in [3.63, 3.8) is 0 Å². The van der Waals surface area contributed by atoms with Gasteiger partial charge in [0.05, 0.1) is 0 Å². The van der Waals surface area contributed by atoms with Gasteiger partial charge in [0.15, 0.2) is 5.76 Å². The van der Waals surface area contributed by atoms with Crippen molar-refractivity contribution in [1.29, 1.82) is 0 Å². The molecule has 1 N–H and O–H groups in total. The van der Waals surface area contributed by atoms with E-state index in [-0.39, 0.29) is 18.3 Å². The van der Waals surface area contributed by atoms with Crippen molar-refractivity contribution in [2.75, 3.05) is 13.1 Å². The van der Waals surface area contributed by atoms with Crippen molar-refractivity contribution >= 4 is 18.3 Å². The van der Waals surface area contributed by atoms with Crippen molar-refractivity contribution < 1.29 is 9.21 Å². The maximum Gasteiger partial charge on any atom is 0.289 e. The lowest BCUT2D eigenvalue weighted by molar-refractivity contribution is 0.0717. The van der Waals surface area contributed by atoms with Gasteiger partial charge in [0.2, 0.25) is 0 Å². The molecule has 3 heterocycles. The number of benzene rings is 1. The highest BCUT2D eigenvalue weighted by Gasteiger charge is 2.32. The number of carbonyl (C=O) groups excluding carboxylic acids is 1. The molecule has 4 nitrogen and oxygen atoms in total. The van der Waals surface area contributed by atoms with E-state index in [0.717, 1.165) is 37.3 Å². The highest BCUT2D eigenvalue weighted by molar-refractivity contribution is 5.92. The van der Waals surface area contributed by atoms with E-state index in [9.17, 15) is 4.79 Å². The first-order chi connectivity index (χ1) is 11.7. The van der Waals surface area contributed by atoms with E-state index in [1.807, 2.05) is 17.0 Å². The van der Waals surface area contributed by atoms with Crippen LogP contribution in [0.4, 0.5) is 0 Å². The van der Waals surface area contributed by atoms with Crippen molar-refractivity contribution in [3.8, 4) is 11.3 Å². The Balaban J connectivity index is 0.00000182. The Labute approximate surface area is 155 Å². The molecule has 1 aromatic heterocycles. The average molecular weight is 361 g/mol. The first kappa shape index (κ1) is 18.0. The average Bonchev–Trinajstić information content (AvgIpc) is 3.21. The first-order valence-electron chi connectivity index (χ1n) is 8.97. The SMILES string of the molecule is CCc1ccc(-c2ccc(C(=O)N3CCC4CCC(C3)N4)o2)cc1.Cl. The largest absolute Gasteiger partial charge is 0.451 e. The number of nitrogens with zero attached hydrogens (tertiary/aromatic N) is 1. The summed E-state index contributed by atoms with van der Waals surface area (Å²) >= 11 is 0. The van der Waals surface area contributed by atoms with Crippen LogP contribution in [0, 0.1) is 0 Å². The predicted molar refractivity (Wildman–Crippen MR) is 101 cm³/mol. The van der Waals surface area contributed by atoms with Crippen LogP contribution < -0.4 is 5.32 Å². The third-order valence-electron chi connectivity index (χ3n) is 5.27. The standard InChI is InChI=1S/C20H24N2O2.ClH/c1-2-14-3-5-15(6-4-14)18-9-10-19(24-18)20(23)22-12-11-16-7-8-17(13-22)21-16;/h3-6,9-10,16-17,21H,2,7-8,11-13H2,1H3;1H. The van der Waals surface area contributed by atoms with Crippen LogP contribution in [0.15, 0.2) is 40.8 Å². The molecule has 2 aliphatic rings. The molecular weight excluding hydrogens is 336 g/mol. The summed E-state index contributed by atoms with van der Waals surface area (Å²) in [4.78, 5) is 14.7. The molecule has 25 heavy (non-hydrogen) atoms. The number of aryl methyl sites for hydroxylation is 1. The summed E-state index contributed by atoms with van der Waals surface area (Å²) in [6, 6.07) is 13.1. The molecular formula is C20H25ClN2O2. The monoisotopic (exact) mass is 360 g/mol. The molecule has 0 aliphatic carbocycles. The summed E-state index contributed by atoms with van der Waals surface area (Å²) in [6.45, 7) is 3.74. The van der Waals surface area contributed by atoms with Gasteiger partial charge in [-0.15, -0.1) is 12.4 Å². The van der Waals surface area contributed by atoms with Gasteiger partial charge < -0.3 is 14.6 Å². The van der Waals surface area contributed by atoms with Gasteiger partial charge in [-0.2, -0.15) is 0 Å². The molecule has 0 spiro atoms. The minimum atomic E-state index is 0. The molecule has 2 saturated heterocycles. The Kier molecular flexibility index (Phi) is 5.50. The van der Waals surface area contributed by atoms with Crippen molar-refractivity contribution in [3.05, 3.63) is 47.7 Å². The van der Waals surface area contributed by atoms with Gasteiger partial charge in [0.1, 0.15) is 5.76 Å². The first-order valence-corrected chi connectivity index (χ1v) is 8.97. The molecule has 0 radical (unpaired) electrons. The van der Waals surface area contributed by atoms with E-state index in [1.165, 1.54) is 18.4 Å². The van der Waals surface area contributed by atoms with Crippen LogP contribution in [-0.4, -0.2) is 36.0 Å². The van der Waals surface area contributed by atoms with Gasteiger partial charge in [-0.25, -0.2) is 0 Å². The second-order valence-corrected chi connectivity index (χ2v) is 6.89. The summed E-state index contributed by atoms with van der Waals surface area (Å²) in [5.41, 5.74) is 2.32. The Morgan fingerprint density at radius 2 is 1.88 bits per heavy atom. The highest BCUT2D eigenvalue weighted by atomic mass is 35.5. The fourth-order valence-corrected chi connectivity index (χ4v) is 3.80. The molecule has 1 aromatic carbocycles. The second-order valence-electron chi connectivity index (χ2n) is 6.89. The highest BCUT2D eigenvalue weighted by Crippen LogP contribution is 2.25. The van der Waals surface area contributed by atoms with Crippen LogP contribution in [0.25, 0.3) is 11.3 Å². The van der Waals surface area contributed by atoms with Crippen LogP contribution >= 0.6 is 12.4 Å². The number of halogens is 1. The van der Waals surface area contributed by atoms with Gasteiger partial charge >= 0.3 is 0 Å². The van der Waals surface area contributed by atoms with Crippen LogP contribution in [0.3, 0.4) is 0 Å². The van der Waals surface area contributed by atoms with Crippen molar-refractivity contribution in [2.24, 2.45) is 0 Å². The zero-order valence-corrected chi connectivity index (χ0v) is 15.3.